The van der Waals surface area contributed by atoms with Crippen molar-refractivity contribution >= 4 is 34.2 Å². The van der Waals surface area contributed by atoms with Gasteiger partial charge in [0.15, 0.2) is 0 Å². The number of hydrogen-bond donors (Lipinski definition) is 2. The van der Waals surface area contributed by atoms with Crippen molar-refractivity contribution in [1.29, 1.82) is 0 Å². The van der Waals surface area contributed by atoms with E-state index in [9.17, 15) is 9.59 Å². The minimum atomic E-state index is -0.200. The Morgan fingerprint density at radius 3 is 2.59 bits per heavy atom. The number of aryl methyl sites for hydroxylation is 2. The van der Waals surface area contributed by atoms with E-state index in [1.54, 1.807) is 24.5 Å². The zero-order valence-corrected chi connectivity index (χ0v) is 15.8. The molecule has 0 aliphatic heterocycles. The maximum Gasteiger partial charge on any atom is 0.229 e. The van der Waals surface area contributed by atoms with E-state index >= 15 is 0 Å². The molecule has 3 rings (SSSR count). The highest BCUT2D eigenvalue weighted by Crippen LogP contribution is 2.29. The fourth-order valence-corrected chi connectivity index (χ4v) is 2.98. The number of benzene rings is 2. The van der Waals surface area contributed by atoms with E-state index in [0.717, 1.165) is 27.7 Å². The number of carbonyl (C=O) groups is 2. The molecule has 0 saturated heterocycles. The van der Waals surface area contributed by atoms with Gasteiger partial charge in [0.2, 0.25) is 11.8 Å². The van der Waals surface area contributed by atoms with Crippen LogP contribution in [0.25, 0.3) is 11.0 Å². The van der Waals surface area contributed by atoms with Crippen LogP contribution in [0, 0.1) is 13.8 Å². The molecule has 0 saturated carbocycles. The Labute approximate surface area is 157 Å². The van der Waals surface area contributed by atoms with Gasteiger partial charge in [-0.3, -0.25) is 9.59 Å². The highest BCUT2D eigenvalue weighted by molar-refractivity contribution is 5.98. The molecule has 27 heavy (non-hydrogen) atoms. The van der Waals surface area contributed by atoms with Gasteiger partial charge in [-0.1, -0.05) is 12.1 Å². The number of furan rings is 1. The molecule has 0 aliphatic rings. The predicted molar refractivity (Wildman–Crippen MR) is 105 cm³/mol. The van der Waals surface area contributed by atoms with Crippen LogP contribution in [0.1, 0.15) is 23.6 Å². The molecule has 2 amide bonds. The van der Waals surface area contributed by atoms with Crippen molar-refractivity contribution in [1.82, 2.24) is 0 Å². The summed E-state index contributed by atoms with van der Waals surface area (Å²) in [6.07, 6.45) is 1.80. The van der Waals surface area contributed by atoms with Gasteiger partial charge < -0.3 is 19.8 Å². The van der Waals surface area contributed by atoms with Gasteiger partial charge in [0, 0.05) is 23.6 Å². The zero-order valence-electron chi connectivity index (χ0n) is 15.8. The predicted octanol–water partition coefficient (Wildman–Crippen LogP) is 4.20. The van der Waals surface area contributed by atoms with Crippen molar-refractivity contribution < 1.29 is 18.7 Å². The molecule has 0 fully saturated rings. The van der Waals surface area contributed by atoms with Gasteiger partial charge in [-0.25, -0.2) is 0 Å². The molecule has 0 radical (unpaired) electrons. The third-order valence-corrected chi connectivity index (χ3v) is 4.49. The Kier molecular flexibility index (Phi) is 5.16. The van der Waals surface area contributed by atoms with Gasteiger partial charge in [-0.2, -0.15) is 0 Å². The third-order valence-electron chi connectivity index (χ3n) is 4.49. The Morgan fingerprint density at radius 2 is 1.89 bits per heavy atom. The van der Waals surface area contributed by atoms with Crippen molar-refractivity contribution in [2.45, 2.75) is 27.2 Å². The minimum absolute atomic E-state index is 0.170. The largest absolute Gasteiger partial charge is 0.495 e. The van der Waals surface area contributed by atoms with Gasteiger partial charge >= 0.3 is 0 Å². The topological polar surface area (TPSA) is 80.6 Å². The zero-order chi connectivity index (χ0) is 19.6. The summed E-state index contributed by atoms with van der Waals surface area (Å²) in [7, 11) is 1.53. The van der Waals surface area contributed by atoms with E-state index in [-0.39, 0.29) is 18.2 Å². The molecule has 140 valence electrons. The minimum Gasteiger partial charge on any atom is -0.495 e. The highest BCUT2D eigenvalue weighted by atomic mass is 16.5. The summed E-state index contributed by atoms with van der Waals surface area (Å²) >= 11 is 0. The first-order valence-corrected chi connectivity index (χ1v) is 8.60. The van der Waals surface area contributed by atoms with E-state index in [0.29, 0.717) is 17.1 Å². The van der Waals surface area contributed by atoms with Crippen LogP contribution in [0.2, 0.25) is 0 Å². The maximum atomic E-state index is 12.6. The molecular formula is C21H22N2O4. The number of ether oxygens (including phenoxy) is 1. The van der Waals surface area contributed by atoms with Crippen molar-refractivity contribution in [2.75, 3.05) is 17.7 Å². The first kappa shape index (κ1) is 18.5. The van der Waals surface area contributed by atoms with Gasteiger partial charge in [0.25, 0.3) is 0 Å². The first-order valence-electron chi connectivity index (χ1n) is 8.60. The van der Waals surface area contributed by atoms with Gasteiger partial charge in [-0.05, 0) is 43.2 Å². The second-order valence-corrected chi connectivity index (χ2v) is 6.47. The molecule has 6 nitrogen and oxygen atoms in total. The van der Waals surface area contributed by atoms with Gasteiger partial charge in [0.05, 0.1) is 25.5 Å². The molecule has 2 N–H and O–H groups in total. The number of anilines is 2. The van der Waals surface area contributed by atoms with Crippen LogP contribution in [-0.2, 0) is 16.0 Å². The standard InChI is InChI=1S/C21H22N2O4/c1-12-5-7-17-15(11-27-21(17)13(12)2)9-20(25)23-18-10-16(22-14(3)24)6-8-19(18)26-4/h5-8,10-11H,9H2,1-4H3,(H,22,24)(H,23,25). The fraction of sp³-hybridized carbons (Fsp3) is 0.238. The van der Waals surface area contributed by atoms with Crippen LogP contribution in [0.4, 0.5) is 11.4 Å². The van der Waals surface area contributed by atoms with E-state index in [2.05, 4.69) is 10.6 Å². The molecule has 0 atom stereocenters. The van der Waals surface area contributed by atoms with Gasteiger partial charge in [-0.15, -0.1) is 0 Å². The van der Waals surface area contributed by atoms with Gasteiger partial charge in [0.1, 0.15) is 11.3 Å². The first-order chi connectivity index (χ1) is 12.9. The Balaban J connectivity index is 1.82. The van der Waals surface area contributed by atoms with E-state index < -0.39 is 0 Å². The Bertz CT molecular complexity index is 1020. The smallest absolute Gasteiger partial charge is 0.229 e. The number of rotatable bonds is 5. The van der Waals surface area contributed by atoms with Crippen molar-refractivity contribution in [3.8, 4) is 5.75 Å². The number of methoxy groups -OCH3 is 1. The lowest BCUT2D eigenvalue weighted by Gasteiger charge is -2.12. The Hall–Kier alpha value is -3.28. The molecule has 0 bridgehead atoms. The van der Waals surface area contributed by atoms with Crippen LogP contribution < -0.4 is 15.4 Å². The lowest BCUT2D eigenvalue weighted by molar-refractivity contribution is -0.115. The molecule has 1 aromatic heterocycles. The molecule has 0 unspecified atom stereocenters. The number of fused-ring (bicyclic) bond motifs is 1. The molecular weight excluding hydrogens is 344 g/mol. The molecule has 6 heteroatoms. The Morgan fingerprint density at radius 1 is 1.11 bits per heavy atom. The maximum absolute atomic E-state index is 12.6. The number of carbonyl (C=O) groups excluding carboxylic acids is 2. The summed E-state index contributed by atoms with van der Waals surface area (Å²) in [5.41, 5.74) is 4.92. The normalized spacial score (nSPS) is 10.7. The van der Waals surface area contributed by atoms with Crippen molar-refractivity contribution in [3.05, 3.63) is 53.3 Å². The summed E-state index contributed by atoms with van der Waals surface area (Å²) in [6.45, 7) is 5.46. The van der Waals surface area contributed by atoms with Crippen LogP contribution >= 0.6 is 0 Å². The van der Waals surface area contributed by atoms with Crippen LogP contribution in [-0.4, -0.2) is 18.9 Å². The van der Waals surface area contributed by atoms with E-state index in [1.807, 2.05) is 26.0 Å². The SMILES string of the molecule is COc1ccc(NC(C)=O)cc1NC(=O)Cc1coc2c(C)c(C)ccc12. The second kappa shape index (κ2) is 7.53. The van der Waals surface area contributed by atoms with Crippen molar-refractivity contribution in [2.24, 2.45) is 0 Å². The van der Waals surface area contributed by atoms with Crippen LogP contribution in [0.15, 0.2) is 41.0 Å². The monoisotopic (exact) mass is 366 g/mol. The quantitative estimate of drug-likeness (QED) is 0.709. The summed E-state index contributed by atoms with van der Waals surface area (Å²) in [5.74, 6) is 0.128. The van der Waals surface area contributed by atoms with Crippen LogP contribution in [0.5, 0.6) is 5.75 Å². The number of amides is 2. The fourth-order valence-electron chi connectivity index (χ4n) is 2.98. The van der Waals surface area contributed by atoms with Crippen molar-refractivity contribution in [3.63, 3.8) is 0 Å². The molecule has 2 aromatic carbocycles. The summed E-state index contributed by atoms with van der Waals surface area (Å²) < 4.78 is 11.0. The summed E-state index contributed by atoms with van der Waals surface area (Å²) in [5, 5.41) is 6.47. The van der Waals surface area contributed by atoms with Crippen LogP contribution in [0.3, 0.4) is 0 Å². The average Bonchev–Trinajstić information content (AvgIpc) is 3.01. The molecule has 1 heterocycles. The lowest BCUT2D eigenvalue weighted by Crippen LogP contribution is -2.15. The summed E-state index contributed by atoms with van der Waals surface area (Å²) in [6, 6.07) is 9.07. The molecule has 3 aromatic rings. The molecule has 0 aliphatic carbocycles. The number of hydrogen-bond acceptors (Lipinski definition) is 4. The second-order valence-electron chi connectivity index (χ2n) is 6.47. The highest BCUT2D eigenvalue weighted by Gasteiger charge is 2.15. The number of nitrogens with one attached hydrogen (secondary N) is 2. The van der Waals surface area contributed by atoms with E-state index in [4.69, 9.17) is 9.15 Å². The lowest BCUT2D eigenvalue weighted by atomic mass is 10.0. The van der Waals surface area contributed by atoms with E-state index in [1.165, 1.54) is 14.0 Å². The molecule has 0 spiro atoms. The average molecular weight is 366 g/mol. The third kappa shape index (κ3) is 3.95. The summed E-state index contributed by atoms with van der Waals surface area (Å²) in [4.78, 5) is 23.8.